The summed E-state index contributed by atoms with van der Waals surface area (Å²) in [6.07, 6.45) is 3.63. The first-order valence-electron chi connectivity index (χ1n) is 7.38. The van der Waals surface area contributed by atoms with E-state index in [2.05, 4.69) is 5.32 Å². The van der Waals surface area contributed by atoms with Crippen LogP contribution < -0.4 is 5.32 Å². The van der Waals surface area contributed by atoms with Crippen LogP contribution in [0.2, 0.25) is 0 Å². The SMILES string of the molecule is O=C(COC(=O)[C@@H]1CC(=O)N(Cc2ccco2)C1)NC1CC1. The summed E-state index contributed by atoms with van der Waals surface area (Å²) in [5, 5.41) is 2.74. The Morgan fingerprint density at radius 2 is 2.23 bits per heavy atom. The Bertz CT molecular complexity index is 564. The number of amides is 2. The molecule has 1 saturated carbocycles. The number of hydrogen-bond acceptors (Lipinski definition) is 5. The van der Waals surface area contributed by atoms with E-state index in [0.717, 1.165) is 12.8 Å². The molecular formula is C15H18N2O5. The summed E-state index contributed by atoms with van der Waals surface area (Å²) in [7, 11) is 0. The molecule has 118 valence electrons. The molecule has 1 aliphatic carbocycles. The van der Waals surface area contributed by atoms with E-state index in [9.17, 15) is 14.4 Å². The molecule has 2 amide bonds. The Morgan fingerprint density at radius 3 is 2.91 bits per heavy atom. The van der Waals surface area contributed by atoms with E-state index < -0.39 is 11.9 Å². The first-order chi connectivity index (χ1) is 10.6. The number of carbonyl (C=O) groups is 3. The van der Waals surface area contributed by atoms with Crippen LogP contribution in [0.25, 0.3) is 0 Å². The molecule has 1 saturated heterocycles. The van der Waals surface area contributed by atoms with Crippen molar-refractivity contribution in [2.75, 3.05) is 13.2 Å². The summed E-state index contributed by atoms with van der Waals surface area (Å²) < 4.78 is 10.2. The number of rotatable bonds is 6. The highest BCUT2D eigenvalue weighted by Crippen LogP contribution is 2.22. The number of nitrogens with zero attached hydrogens (tertiary/aromatic N) is 1. The monoisotopic (exact) mass is 306 g/mol. The Hall–Kier alpha value is -2.31. The highest BCUT2D eigenvalue weighted by atomic mass is 16.5. The van der Waals surface area contributed by atoms with Gasteiger partial charge >= 0.3 is 5.97 Å². The van der Waals surface area contributed by atoms with Crippen LogP contribution >= 0.6 is 0 Å². The zero-order valence-electron chi connectivity index (χ0n) is 12.1. The molecular weight excluding hydrogens is 288 g/mol. The van der Waals surface area contributed by atoms with Crippen molar-refractivity contribution in [3.63, 3.8) is 0 Å². The normalized spacial score (nSPS) is 21.0. The number of furan rings is 1. The van der Waals surface area contributed by atoms with Crippen molar-refractivity contribution in [2.24, 2.45) is 5.92 Å². The molecule has 1 atom stereocenters. The van der Waals surface area contributed by atoms with Gasteiger partial charge in [0, 0.05) is 19.0 Å². The Morgan fingerprint density at radius 1 is 1.41 bits per heavy atom. The molecule has 7 heteroatoms. The summed E-state index contributed by atoms with van der Waals surface area (Å²) in [5.74, 6) is -0.739. The van der Waals surface area contributed by atoms with E-state index in [0.29, 0.717) is 18.8 Å². The van der Waals surface area contributed by atoms with Gasteiger partial charge in [0.25, 0.3) is 5.91 Å². The summed E-state index contributed by atoms with van der Waals surface area (Å²) in [4.78, 5) is 36.9. The molecule has 0 unspecified atom stereocenters. The van der Waals surface area contributed by atoms with Crippen LogP contribution in [0.5, 0.6) is 0 Å². The Labute approximate surface area is 127 Å². The topological polar surface area (TPSA) is 88.9 Å². The largest absolute Gasteiger partial charge is 0.467 e. The van der Waals surface area contributed by atoms with Gasteiger partial charge in [0.2, 0.25) is 5.91 Å². The third-order valence-corrected chi connectivity index (χ3v) is 3.76. The fraction of sp³-hybridized carbons (Fsp3) is 0.533. The van der Waals surface area contributed by atoms with Crippen molar-refractivity contribution < 1.29 is 23.5 Å². The molecule has 1 aromatic rings. The summed E-state index contributed by atoms with van der Waals surface area (Å²) in [5.41, 5.74) is 0. The first-order valence-corrected chi connectivity index (χ1v) is 7.38. The molecule has 2 heterocycles. The molecule has 2 aliphatic rings. The van der Waals surface area contributed by atoms with E-state index in [4.69, 9.17) is 9.15 Å². The average molecular weight is 306 g/mol. The molecule has 7 nitrogen and oxygen atoms in total. The van der Waals surface area contributed by atoms with Crippen LogP contribution in [-0.2, 0) is 25.7 Å². The summed E-state index contributed by atoms with van der Waals surface area (Å²) >= 11 is 0. The number of nitrogens with one attached hydrogen (secondary N) is 1. The fourth-order valence-electron chi connectivity index (χ4n) is 2.43. The molecule has 0 bridgehead atoms. The highest BCUT2D eigenvalue weighted by Gasteiger charge is 2.36. The van der Waals surface area contributed by atoms with Crippen molar-refractivity contribution in [2.45, 2.75) is 31.8 Å². The van der Waals surface area contributed by atoms with Gasteiger partial charge in [-0.2, -0.15) is 0 Å². The lowest BCUT2D eigenvalue weighted by Gasteiger charge is -2.14. The molecule has 0 spiro atoms. The molecule has 22 heavy (non-hydrogen) atoms. The van der Waals surface area contributed by atoms with Crippen molar-refractivity contribution in [3.05, 3.63) is 24.2 Å². The summed E-state index contributed by atoms with van der Waals surface area (Å²) in [6, 6.07) is 3.77. The van der Waals surface area contributed by atoms with E-state index in [1.54, 1.807) is 23.3 Å². The van der Waals surface area contributed by atoms with E-state index in [-0.39, 0.29) is 30.9 Å². The lowest BCUT2D eigenvalue weighted by atomic mass is 10.1. The van der Waals surface area contributed by atoms with Crippen LogP contribution in [-0.4, -0.2) is 41.9 Å². The van der Waals surface area contributed by atoms with E-state index >= 15 is 0 Å². The van der Waals surface area contributed by atoms with Crippen LogP contribution in [0.3, 0.4) is 0 Å². The van der Waals surface area contributed by atoms with Crippen LogP contribution in [0.15, 0.2) is 22.8 Å². The zero-order chi connectivity index (χ0) is 15.5. The molecule has 0 aromatic carbocycles. The third-order valence-electron chi connectivity index (χ3n) is 3.76. The van der Waals surface area contributed by atoms with E-state index in [1.165, 1.54) is 0 Å². The quantitative estimate of drug-likeness (QED) is 0.771. The zero-order valence-corrected chi connectivity index (χ0v) is 12.1. The minimum atomic E-state index is -0.517. The molecule has 0 radical (unpaired) electrons. The third kappa shape index (κ3) is 3.66. The Kier molecular flexibility index (Phi) is 4.13. The molecule has 1 aromatic heterocycles. The number of likely N-dealkylation sites (tertiary alicyclic amines) is 1. The second-order valence-corrected chi connectivity index (χ2v) is 5.70. The second kappa shape index (κ2) is 6.21. The minimum Gasteiger partial charge on any atom is -0.467 e. The number of ether oxygens (including phenoxy) is 1. The average Bonchev–Trinajstić information content (AvgIpc) is 3.00. The Balaban J connectivity index is 1.44. The standard InChI is InChI=1S/C15H18N2O5/c18-13(16-11-3-4-11)9-22-15(20)10-6-14(19)17(7-10)8-12-2-1-5-21-12/h1-2,5,10-11H,3-4,6-9H2,(H,16,18)/t10-/m1/s1. The number of hydrogen-bond donors (Lipinski definition) is 1. The van der Waals surface area contributed by atoms with Gasteiger partial charge in [-0.15, -0.1) is 0 Å². The fourth-order valence-corrected chi connectivity index (χ4v) is 2.43. The van der Waals surface area contributed by atoms with Gasteiger partial charge in [-0.1, -0.05) is 0 Å². The molecule has 1 N–H and O–H groups in total. The van der Waals surface area contributed by atoms with Crippen molar-refractivity contribution in [1.29, 1.82) is 0 Å². The summed E-state index contributed by atoms with van der Waals surface area (Å²) in [6.45, 7) is 0.360. The maximum atomic E-state index is 11.9. The van der Waals surface area contributed by atoms with E-state index in [1.807, 2.05) is 0 Å². The lowest BCUT2D eigenvalue weighted by Crippen LogP contribution is -2.32. The van der Waals surface area contributed by atoms with Gasteiger partial charge in [0.15, 0.2) is 6.61 Å². The minimum absolute atomic E-state index is 0.110. The highest BCUT2D eigenvalue weighted by molar-refractivity contribution is 5.88. The van der Waals surface area contributed by atoms with Crippen molar-refractivity contribution in [3.8, 4) is 0 Å². The molecule has 2 fully saturated rings. The first kappa shape index (κ1) is 14.6. The predicted molar refractivity (Wildman–Crippen MR) is 74.4 cm³/mol. The van der Waals surface area contributed by atoms with Gasteiger partial charge in [-0.05, 0) is 25.0 Å². The lowest BCUT2D eigenvalue weighted by molar-refractivity contribution is -0.152. The van der Waals surface area contributed by atoms with Gasteiger partial charge in [-0.3, -0.25) is 14.4 Å². The van der Waals surface area contributed by atoms with Crippen molar-refractivity contribution in [1.82, 2.24) is 10.2 Å². The number of carbonyl (C=O) groups excluding carboxylic acids is 3. The molecule has 1 aliphatic heterocycles. The molecule has 3 rings (SSSR count). The van der Waals surface area contributed by atoms with Crippen LogP contribution in [0.4, 0.5) is 0 Å². The maximum Gasteiger partial charge on any atom is 0.311 e. The van der Waals surface area contributed by atoms with Gasteiger partial charge in [-0.25, -0.2) is 0 Å². The number of esters is 1. The van der Waals surface area contributed by atoms with Crippen LogP contribution in [0, 0.1) is 5.92 Å². The van der Waals surface area contributed by atoms with Gasteiger partial charge < -0.3 is 19.4 Å². The van der Waals surface area contributed by atoms with Crippen LogP contribution in [0.1, 0.15) is 25.0 Å². The van der Waals surface area contributed by atoms with Gasteiger partial charge in [0.05, 0.1) is 18.7 Å². The van der Waals surface area contributed by atoms with Crippen molar-refractivity contribution >= 4 is 17.8 Å². The smallest absolute Gasteiger partial charge is 0.311 e. The second-order valence-electron chi connectivity index (χ2n) is 5.70. The predicted octanol–water partition coefficient (Wildman–Crippen LogP) is 0.450. The van der Waals surface area contributed by atoms with Gasteiger partial charge in [0.1, 0.15) is 5.76 Å². The maximum absolute atomic E-state index is 11.9.